The summed E-state index contributed by atoms with van der Waals surface area (Å²) in [5, 5.41) is 0. The lowest BCUT2D eigenvalue weighted by atomic mass is 9.95. The van der Waals surface area contributed by atoms with Crippen molar-refractivity contribution in [1.82, 2.24) is 0 Å². The van der Waals surface area contributed by atoms with Crippen LogP contribution in [0.15, 0.2) is 30.3 Å². The van der Waals surface area contributed by atoms with E-state index in [1.165, 1.54) is 38.9 Å². The zero-order chi connectivity index (χ0) is 13.3. The van der Waals surface area contributed by atoms with Crippen LogP contribution in [-0.2, 0) is 6.42 Å². The first kappa shape index (κ1) is 12.9. The number of aryl methyl sites for hydroxylation is 4. The molecule has 2 rings (SSSR count). The number of rotatable bonds is 2. The molecule has 0 saturated carbocycles. The van der Waals surface area contributed by atoms with Crippen molar-refractivity contribution in [2.24, 2.45) is 0 Å². The lowest BCUT2D eigenvalue weighted by molar-refractivity contribution is 1.13. The second-order valence-corrected chi connectivity index (χ2v) is 5.45. The Bertz CT molecular complexity index is 554. The predicted octanol–water partition coefficient (Wildman–Crippen LogP) is 4.82. The van der Waals surface area contributed by atoms with Gasteiger partial charge in [-0.3, -0.25) is 0 Å². The fourth-order valence-electron chi connectivity index (χ4n) is 2.38. The Morgan fingerprint density at radius 3 is 1.72 bits per heavy atom. The Morgan fingerprint density at radius 1 is 0.611 bits per heavy atom. The molecule has 0 aliphatic rings. The largest absolute Gasteiger partial charge is 0.0588 e. The van der Waals surface area contributed by atoms with E-state index in [0.717, 1.165) is 6.42 Å². The summed E-state index contributed by atoms with van der Waals surface area (Å²) in [7, 11) is 0. The summed E-state index contributed by atoms with van der Waals surface area (Å²) in [4.78, 5) is 0. The maximum absolute atomic E-state index is 2.32. The highest BCUT2D eigenvalue weighted by atomic mass is 14.1. The molecule has 0 aliphatic carbocycles. The van der Waals surface area contributed by atoms with Crippen LogP contribution in [0, 0.1) is 34.6 Å². The zero-order valence-electron chi connectivity index (χ0n) is 12.1. The summed E-state index contributed by atoms with van der Waals surface area (Å²) in [5.74, 6) is 0. The Morgan fingerprint density at radius 2 is 1.17 bits per heavy atom. The summed E-state index contributed by atoms with van der Waals surface area (Å²) in [5.41, 5.74) is 9.78. The summed E-state index contributed by atoms with van der Waals surface area (Å²) < 4.78 is 0. The smallest absolute Gasteiger partial charge is 0.00255 e. The number of hydrogen-bond acceptors (Lipinski definition) is 0. The topological polar surface area (TPSA) is 0 Å². The number of hydrogen-bond donors (Lipinski definition) is 0. The van der Waals surface area contributed by atoms with Gasteiger partial charge in [0.05, 0.1) is 0 Å². The van der Waals surface area contributed by atoms with E-state index in [4.69, 9.17) is 0 Å². The van der Waals surface area contributed by atoms with Crippen molar-refractivity contribution in [1.29, 1.82) is 0 Å². The first-order chi connectivity index (χ1) is 8.47. The Hall–Kier alpha value is -1.56. The van der Waals surface area contributed by atoms with Gasteiger partial charge in [-0.2, -0.15) is 0 Å². The SMILES string of the molecule is Cc1ccc(Cc2cc(C)c(C)c(C)c2)cc1C. The molecule has 0 unspecified atom stereocenters. The summed E-state index contributed by atoms with van der Waals surface area (Å²) in [6, 6.07) is 11.4. The van der Waals surface area contributed by atoms with E-state index in [2.05, 4.69) is 65.0 Å². The molecular weight excluding hydrogens is 216 g/mol. The molecule has 0 aromatic heterocycles. The van der Waals surface area contributed by atoms with Crippen LogP contribution in [0.2, 0.25) is 0 Å². The van der Waals surface area contributed by atoms with Gasteiger partial charge in [-0.05, 0) is 80.0 Å². The van der Waals surface area contributed by atoms with E-state index in [9.17, 15) is 0 Å². The minimum absolute atomic E-state index is 1.03. The van der Waals surface area contributed by atoms with Crippen molar-refractivity contribution in [3.8, 4) is 0 Å². The molecule has 0 heteroatoms. The predicted molar refractivity (Wildman–Crippen MR) is 79.4 cm³/mol. The molecule has 0 spiro atoms. The third-order valence-corrected chi connectivity index (χ3v) is 3.97. The van der Waals surface area contributed by atoms with E-state index in [0.29, 0.717) is 0 Å². The summed E-state index contributed by atoms with van der Waals surface area (Å²) in [6.45, 7) is 11.0. The maximum Gasteiger partial charge on any atom is -0.00255 e. The Balaban J connectivity index is 2.31. The molecule has 94 valence electrons. The van der Waals surface area contributed by atoms with Gasteiger partial charge in [-0.1, -0.05) is 30.3 Å². The maximum atomic E-state index is 2.32. The van der Waals surface area contributed by atoms with Crippen molar-refractivity contribution in [2.75, 3.05) is 0 Å². The molecule has 0 N–H and O–H groups in total. The van der Waals surface area contributed by atoms with E-state index < -0.39 is 0 Å². The molecule has 0 aliphatic heterocycles. The Labute approximate surface area is 111 Å². The van der Waals surface area contributed by atoms with Crippen LogP contribution >= 0.6 is 0 Å². The Kier molecular flexibility index (Phi) is 3.56. The van der Waals surface area contributed by atoms with E-state index in [-0.39, 0.29) is 0 Å². The van der Waals surface area contributed by atoms with Gasteiger partial charge in [0.15, 0.2) is 0 Å². The van der Waals surface area contributed by atoms with Crippen LogP contribution in [0.3, 0.4) is 0 Å². The molecule has 0 atom stereocenters. The van der Waals surface area contributed by atoms with Crippen molar-refractivity contribution in [3.05, 3.63) is 69.3 Å². The van der Waals surface area contributed by atoms with Gasteiger partial charge >= 0.3 is 0 Å². The minimum Gasteiger partial charge on any atom is -0.0588 e. The first-order valence-electron chi connectivity index (χ1n) is 6.60. The average molecular weight is 238 g/mol. The molecule has 0 nitrogen and oxygen atoms in total. The van der Waals surface area contributed by atoms with Crippen LogP contribution in [0.5, 0.6) is 0 Å². The van der Waals surface area contributed by atoms with Crippen LogP contribution in [0.25, 0.3) is 0 Å². The van der Waals surface area contributed by atoms with Gasteiger partial charge in [0.1, 0.15) is 0 Å². The lowest BCUT2D eigenvalue weighted by Gasteiger charge is -2.10. The van der Waals surface area contributed by atoms with Crippen molar-refractivity contribution < 1.29 is 0 Å². The summed E-state index contributed by atoms with van der Waals surface area (Å²) >= 11 is 0. The molecule has 18 heavy (non-hydrogen) atoms. The molecule has 0 bridgehead atoms. The summed E-state index contributed by atoms with van der Waals surface area (Å²) in [6.07, 6.45) is 1.03. The van der Waals surface area contributed by atoms with E-state index >= 15 is 0 Å². The molecule has 0 fully saturated rings. The third-order valence-electron chi connectivity index (χ3n) is 3.97. The van der Waals surface area contributed by atoms with E-state index in [1.54, 1.807) is 0 Å². The second-order valence-electron chi connectivity index (χ2n) is 5.45. The molecule has 2 aromatic rings. The van der Waals surface area contributed by atoms with E-state index in [1.807, 2.05) is 0 Å². The van der Waals surface area contributed by atoms with Crippen LogP contribution in [0.1, 0.15) is 38.9 Å². The van der Waals surface area contributed by atoms with Gasteiger partial charge in [-0.25, -0.2) is 0 Å². The molecule has 2 aromatic carbocycles. The average Bonchev–Trinajstić information content (AvgIpc) is 2.31. The standard InChI is InChI=1S/C18H22/c1-12-6-7-17(8-13(12)2)11-18-9-14(3)16(5)15(4)10-18/h6-10H,11H2,1-5H3. The minimum atomic E-state index is 1.03. The van der Waals surface area contributed by atoms with Crippen molar-refractivity contribution >= 4 is 0 Å². The number of benzene rings is 2. The van der Waals surface area contributed by atoms with Gasteiger partial charge in [0.25, 0.3) is 0 Å². The molecule has 0 radical (unpaired) electrons. The highest BCUT2D eigenvalue weighted by molar-refractivity contribution is 5.40. The van der Waals surface area contributed by atoms with Crippen molar-refractivity contribution in [3.63, 3.8) is 0 Å². The van der Waals surface area contributed by atoms with Gasteiger partial charge in [-0.15, -0.1) is 0 Å². The monoisotopic (exact) mass is 238 g/mol. The van der Waals surface area contributed by atoms with Crippen molar-refractivity contribution in [2.45, 2.75) is 41.0 Å². The molecule has 0 amide bonds. The van der Waals surface area contributed by atoms with Gasteiger partial charge < -0.3 is 0 Å². The van der Waals surface area contributed by atoms with Crippen LogP contribution in [-0.4, -0.2) is 0 Å². The van der Waals surface area contributed by atoms with Crippen LogP contribution < -0.4 is 0 Å². The van der Waals surface area contributed by atoms with Gasteiger partial charge in [0.2, 0.25) is 0 Å². The molecule has 0 heterocycles. The highest BCUT2D eigenvalue weighted by Crippen LogP contribution is 2.19. The first-order valence-corrected chi connectivity index (χ1v) is 6.60. The second kappa shape index (κ2) is 4.97. The normalized spacial score (nSPS) is 10.7. The lowest BCUT2D eigenvalue weighted by Crippen LogP contribution is -1.94. The molecule has 0 saturated heterocycles. The van der Waals surface area contributed by atoms with Gasteiger partial charge in [0, 0.05) is 0 Å². The molecular formula is C18H22. The fourth-order valence-corrected chi connectivity index (χ4v) is 2.38. The third kappa shape index (κ3) is 2.64. The quantitative estimate of drug-likeness (QED) is 0.703. The van der Waals surface area contributed by atoms with Crippen LogP contribution in [0.4, 0.5) is 0 Å². The fraction of sp³-hybridized carbons (Fsp3) is 0.333. The highest BCUT2D eigenvalue weighted by Gasteiger charge is 2.03. The zero-order valence-corrected chi connectivity index (χ0v) is 12.1.